The van der Waals surface area contributed by atoms with E-state index in [2.05, 4.69) is 31.9 Å². The highest BCUT2D eigenvalue weighted by Gasteiger charge is 2.48. The zero-order valence-electron chi connectivity index (χ0n) is 10.1. The Morgan fingerprint density at radius 1 is 1.00 bits per heavy atom. The van der Waals surface area contributed by atoms with Crippen molar-refractivity contribution in [2.45, 2.75) is 15.6 Å². The third-order valence-corrected chi connectivity index (χ3v) is 6.60. The van der Waals surface area contributed by atoms with Crippen molar-refractivity contribution in [2.24, 2.45) is 0 Å². The first-order chi connectivity index (χ1) is 9.13. The predicted octanol–water partition coefficient (Wildman–Crippen LogP) is 4.70. The summed E-state index contributed by atoms with van der Waals surface area (Å²) in [5, 5.41) is 0. The number of halogens is 2. The zero-order valence-corrected chi connectivity index (χ0v) is 13.3. The summed E-state index contributed by atoms with van der Waals surface area (Å²) in [6.45, 7) is 0. The maximum atomic E-state index is 12.7. The molecule has 0 saturated carbocycles. The maximum Gasteiger partial charge on any atom is 0.181 e. The molecule has 19 heavy (non-hydrogen) atoms. The van der Waals surface area contributed by atoms with Crippen LogP contribution in [0.4, 0.5) is 0 Å². The number of hydrogen-bond donors (Lipinski definition) is 0. The van der Waals surface area contributed by atoms with Crippen molar-refractivity contribution in [1.82, 2.24) is 0 Å². The maximum absolute atomic E-state index is 12.7. The molecule has 0 radical (unpaired) electrons. The van der Waals surface area contributed by atoms with Crippen LogP contribution in [-0.2, 0) is 6.42 Å². The van der Waals surface area contributed by atoms with Crippen molar-refractivity contribution in [2.75, 3.05) is 0 Å². The average Bonchev–Trinajstić information content (AvgIpc) is 2.72. The van der Waals surface area contributed by atoms with E-state index in [9.17, 15) is 4.79 Å². The highest BCUT2D eigenvalue weighted by atomic mass is 79.9. The monoisotopic (exact) mass is 378 g/mol. The molecule has 0 aromatic heterocycles. The van der Waals surface area contributed by atoms with Gasteiger partial charge in [-0.25, -0.2) is 0 Å². The van der Waals surface area contributed by atoms with Gasteiger partial charge in [-0.05, 0) is 17.5 Å². The Morgan fingerprint density at radius 3 is 2.32 bits per heavy atom. The first-order valence-electron chi connectivity index (χ1n) is 6.13. The number of carbonyl (C=O) groups is 1. The van der Waals surface area contributed by atoms with Crippen molar-refractivity contribution in [3.63, 3.8) is 0 Å². The van der Waals surface area contributed by atoms with Crippen LogP contribution in [0.2, 0.25) is 0 Å². The Labute approximate surface area is 129 Å². The molecular formula is C16H12Br2O. The fraction of sp³-hybridized carbons (Fsp3) is 0.188. The molecule has 96 valence electrons. The van der Waals surface area contributed by atoms with E-state index in [0.717, 1.165) is 16.7 Å². The summed E-state index contributed by atoms with van der Waals surface area (Å²) in [5.41, 5.74) is 3.06. The fourth-order valence-corrected chi connectivity index (χ4v) is 4.02. The Hall–Kier alpha value is -0.930. The van der Waals surface area contributed by atoms with Gasteiger partial charge in [-0.1, -0.05) is 86.5 Å². The second-order valence-corrected chi connectivity index (χ2v) is 7.13. The van der Waals surface area contributed by atoms with Crippen LogP contribution in [0.3, 0.4) is 0 Å². The molecule has 2 atom stereocenters. The molecule has 0 amide bonds. The van der Waals surface area contributed by atoms with Gasteiger partial charge < -0.3 is 0 Å². The van der Waals surface area contributed by atoms with Crippen LogP contribution < -0.4 is 0 Å². The van der Waals surface area contributed by atoms with Gasteiger partial charge in [0.1, 0.15) is 4.32 Å². The minimum absolute atomic E-state index is 0.0406. The number of benzene rings is 2. The summed E-state index contributed by atoms with van der Waals surface area (Å²) in [7, 11) is 0. The van der Waals surface area contributed by atoms with Gasteiger partial charge in [0.15, 0.2) is 5.78 Å². The number of fused-ring (bicyclic) bond motifs is 1. The number of hydrogen-bond acceptors (Lipinski definition) is 1. The summed E-state index contributed by atoms with van der Waals surface area (Å²) >= 11 is 7.40. The number of rotatable bonds is 2. The lowest BCUT2D eigenvalue weighted by molar-refractivity contribution is 0.0960. The number of ketones is 1. The standard InChI is InChI=1S/C16H12Br2O/c17-14(11-6-2-1-3-7-11)16(18)10-12-8-4-5-9-13(12)15(16)19/h1-9,14H,10H2. The molecule has 1 aliphatic carbocycles. The largest absolute Gasteiger partial charge is 0.293 e. The van der Waals surface area contributed by atoms with E-state index < -0.39 is 4.32 Å². The van der Waals surface area contributed by atoms with Gasteiger partial charge in [0.25, 0.3) is 0 Å². The Morgan fingerprint density at radius 2 is 1.63 bits per heavy atom. The van der Waals surface area contributed by atoms with Crippen molar-refractivity contribution in [1.29, 1.82) is 0 Å². The summed E-state index contributed by atoms with van der Waals surface area (Å²) in [5.74, 6) is 0.161. The second kappa shape index (κ2) is 4.88. The van der Waals surface area contributed by atoms with Crippen LogP contribution in [0.5, 0.6) is 0 Å². The van der Waals surface area contributed by atoms with E-state index in [1.165, 1.54) is 0 Å². The van der Waals surface area contributed by atoms with Crippen LogP contribution in [0.25, 0.3) is 0 Å². The van der Waals surface area contributed by atoms with Gasteiger partial charge in [-0.15, -0.1) is 0 Å². The molecule has 0 heterocycles. The first kappa shape index (κ1) is 13.1. The fourth-order valence-electron chi connectivity index (χ4n) is 2.57. The lowest BCUT2D eigenvalue weighted by Gasteiger charge is -2.26. The lowest BCUT2D eigenvalue weighted by Crippen LogP contribution is -2.33. The molecule has 0 saturated heterocycles. The highest BCUT2D eigenvalue weighted by Crippen LogP contribution is 2.49. The highest BCUT2D eigenvalue weighted by molar-refractivity contribution is 9.12. The van der Waals surface area contributed by atoms with Gasteiger partial charge in [0.05, 0.1) is 4.83 Å². The lowest BCUT2D eigenvalue weighted by atomic mass is 9.95. The summed E-state index contributed by atoms with van der Waals surface area (Å²) in [6.07, 6.45) is 0.715. The Bertz CT molecular complexity index is 624. The average molecular weight is 380 g/mol. The van der Waals surface area contributed by atoms with Crippen molar-refractivity contribution in [3.8, 4) is 0 Å². The SMILES string of the molecule is O=C1c2ccccc2CC1(Br)C(Br)c1ccccc1. The van der Waals surface area contributed by atoms with Crippen LogP contribution in [0.1, 0.15) is 26.3 Å². The van der Waals surface area contributed by atoms with Gasteiger partial charge in [0, 0.05) is 5.56 Å². The minimum Gasteiger partial charge on any atom is -0.293 e. The molecule has 0 bridgehead atoms. The quantitative estimate of drug-likeness (QED) is 0.691. The summed E-state index contributed by atoms with van der Waals surface area (Å²) in [4.78, 5) is 12.6. The topological polar surface area (TPSA) is 17.1 Å². The van der Waals surface area contributed by atoms with E-state index in [0.29, 0.717) is 6.42 Å². The van der Waals surface area contributed by atoms with E-state index in [1.807, 2.05) is 54.6 Å². The number of carbonyl (C=O) groups excluding carboxylic acids is 1. The first-order valence-corrected chi connectivity index (χ1v) is 7.84. The van der Waals surface area contributed by atoms with E-state index in [4.69, 9.17) is 0 Å². The molecule has 1 aliphatic rings. The van der Waals surface area contributed by atoms with Gasteiger partial charge in [0.2, 0.25) is 0 Å². The third-order valence-electron chi connectivity index (χ3n) is 3.58. The normalized spacial score (nSPS) is 23.2. The molecular weight excluding hydrogens is 368 g/mol. The summed E-state index contributed by atoms with van der Waals surface area (Å²) < 4.78 is -0.585. The molecule has 0 spiro atoms. The molecule has 3 heteroatoms. The minimum atomic E-state index is -0.585. The van der Waals surface area contributed by atoms with Crippen LogP contribution in [0.15, 0.2) is 54.6 Å². The van der Waals surface area contributed by atoms with Crippen LogP contribution in [0, 0.1) is 0 Å². The molecule has 3 rings (SSSR count). The van der Waals surface area contributed by atoms with Crippen LogP contribution >= 0.6 is 31.9 Å². The Balaban J connectivity index is 2.01. The molecule has 0 aliphatic heterocycles. The molecule has 0 N–H and O–H groups in total. The number of alkyl halides is 2. The molecule has 1 nitrogen and oxygen atoms in total. The molecule has 2 unspecified atom stereocenters. The third kappa shape index (κ3) is 2.09. The molecule has 0 fully saturated rings. The molecule has 2 aromatic carbocycles. The van der Waals surface area contributed by atoms with Gasteiger partial charge in [-0.2, -0.15) is 0 Å². The number of Topliss-reactive ketones (excluding diaryl/α,β-unsaturated/α-hetero) is 1. The van der Waals surface area contributed by atoms with Gasteiger partial charge in [-0.3, -0.25) is 4.79 Å². The smallest absolute Gasteiger partial charge is 0.181 e. The zero-order chi connectivity index (χ0) is 13.5. The Kier molecular flexibility index (Phi) is 3.35. The van der Waals surface area contributed by atoms with E-state index >= 15 is 0 Å². The van der Waals surface area contributed by atoms with E-state index in [-0.39, 0.29) is 10.6 Å². The van der Waals surface area contributed by atoms with E-state index in [1.54, 1.807) is 0 Å². The van der Waals surface area contributed by atoms with Crippen molar-refractivity contribution in [3.05, 3.63) is 71.3 Å². The summed E-state index contributed by atoms with van der Waals surface area (Å²) in [6, 6.07) is 17.9. The predicted molar refractivity (Wildman–Crippen MR) is 84.2 cm³/mol. The van der Waals surface area contributed by atoms with Gasteiger partial charge >= 0.3 is 0 Å². The second-order valence-electron chi connectivity index (χ2n) is 4.80. The van der Waals surface area contributed by atoms with Crippen molar-refractivity contribution < 1.29 is 4.79 Å². The van der Waals surface area contributed by atoms with Crippen molar-refractivity contribution >= 4 is 37.6 Å². The molecule has 2 aromatic rings. The van der Waals surface area contributed by atoms with Crippen LogP contribution in [-0.4, -0.2) is 10.1 Å².